The van der Waals surface area contributed by atoms with Crippen LogP contribution in [-0.2, 0) is 0 Å². The molecule has 0 saturated heterocycles. The molecule has 0 radical (unpaired) electrons. The maximum absolute atomic E-state index is 2.53. The molecule has 4 unspecified atom stereocenters. The molecule has 0 spiro atoms. The molecule has 8 aromatic carbocycles. The average Bonchev–Trinajstić information content (AvgIpc) is 3.87. The monoisotopic (exact) mass is 792 g/mol. The standard InChI is InChI=1S/C60H44N2/c1-5-17-42(18-6-1)53-40-56(46-34-36-52-50-26-14-16-28-58(50)62(60(52)38-46)48-23-11-4-12-24-48)54(43-19-7-2-8-20-43)39-55(53)44-31-29-41(30-32-44)45-33-35-51-49-25-13-15-27-57(49)61(59(51)37-45)47-21-9-3-10-22-47/h1-40,49-50,57-58H. The molecule has 0 N–H and O–H groups in total. The van der Waals surface area contributed by atoms with Crippen LogP contribution in [0.25, 0.3) is 55.6 Å². The van der Waals surface area contributed by atoms with Gasteiger partial charge in [0.25, 0.3) is 0 Å². The molecule has 0 aromatic heterocycles. The molecule has 0 saturated carbocycles. The Labute approximate surface area is 364 Å². The maximum Gasteiger partial charge on any atom is 0.0629 e. The van der Waals surface area contributed by atoms with Crippen molar-refractivity contribution in [2.45, 2.75) is 23.9 Å². The number of hydrogen-bond donors (Lipinski definition) is 0. The second-order valence-corrected chi connectivity index (χ2v) is 16.8. The zero-order valence-corrected chi connectivity index (χ0v) is 34.3. The molecule has 2 aliphatic carbocycles. The molecule has 12 rings (SSSR count). The van der Waals surface area contributed by atoms with Crippen molar-refractivity contribution in [3.8, 4) is 55.6 Å². The van der Waals surface area contributed by atoms with Crippen LogP contribution < -0.4 is 9.80 Å². The lowest BCUT2D eigenvalue weighted by molar-refractivity contribution is 0.745. The summed E-state index contributed by atoms with van der Waals surface area (Å²) >= 11 is 0. The Balaban J connectivity index is 0.984. The lowest BCUT2D eigenvalue weighted by atomic mass is 9.84. The Hall–Kier alpha value is -7.68. The summed E-state index contributed by atoms with van der Waals surface area (Å²) in [6, 6.07) is 72.3. The van der Waals surface area contributed by atoms with Gasteiger partial charge in [-0.3, -0.25) is 0 Å². The van der Waals surface area contributed by atoms with Crippen molar-refractivity contribution in [3.05, 3.63) is 254 Å². The fourth-order valence-corrected chi connectivity index (χ4v) is 10.4. The van der Waals surface area contributed by atoms with Gasteiger partial charge >= 0.3 is 0 Å². The Bertz CT molecular complexity index is 3070. The SMILES string of the molecule is C1=CC2c3ccc(-c4ccc(-c5cc(-c6ccccc6)c(-c6ccc7c(c6)N(c6ccccc6)C6C=CC=CC76)cc5-c5ccccc5)cc4)cc3N(c3ccccc3)C2C=C1. The summed E-state index contributed by atoms with van der Waals surface area (Å²) in [6.45, 7) is 0. The van der Waals surface area contributed by atoms with Gasteiger partial charge in [-0.1, -0.05) is 194 Å². The fraction of sp³-hybridized carbons (Fsp3) is 0.0667. The summed E-state index contributed by atoms with van der Waals surface area (Å²) in [5.74, 6) is 0.643. The smallest absolute Gasteiger partial charge is 0.0629 e. The molecule has 0 fully saturated rings. The quantitative estimate of drug-likeness (QED) is 0.159. The van der Waals surface area contributed by atoms with E-state index in [2.05, 4.69) is 253 Å². The second-order valence-electron chi connectivity index (χ2n) is 16.8. The average molecular weight is 793 g/mol. The van der Waals surface area contributed by atoms with Crippen LogP contribution in [0.3, 0.4) is 0 Å². The van der Waals surface area contributed by atoms with Crippen molar-refractivity contribution < 1.29 is 0 Å². The first-order valence-electron chi connectivity index (χ1n) is 21.8. The second kappa shape index (κ2) is 15.1. The lowest BCUT2D eigenvalue weighted by Gasteiger charge is -2.28. The number of para-hydroxylation sites is 2. The molecule has 62 heavy (non-hydrogen) atoms. The van der Waals surface area contributed by atoms with Crippen molar-refractivity contribution in [2.75, 3.05) is 9.80 Å². The largest absolute Gasteiger partial charge is 0.333 e. The van der Waals surface area contributed by atoms with Crippen molar-refractivity contribution in [1.82, 2.24) is 0 Å². The van der Waals surface area contributed by atoms with Crippen LogP contribution in [-0.4, -0.2) is 12.1 Å². The highest BCUT2D eigenvalue weighted by Gasteiger charge is 2.39. The predicted molar refractivity (Wildman–Crippen MR) is 260 cm³/mol. The summed E-state index contributed by atoms with van der Waals surface area (Å²) in [5.41, 5.74) is 19.8. The normalized spacial score (nSPS) is 19.0. The van der Waals surface area contributed by atoms with Gasteiger partial charge in [-0.05, 0) is 115 Å². The Kier molecular flexibility index (Phi) is 8.81. The highest BCUT2D eigenvalue weighted by atomic mass is 15.2. The van der Waals surface area contributed by atoms with Crippen LogP contribution in [0.2, 0.25) is 0 Å². The van der Waals surface area contributed by atoms with Gasteiger partial charge in [0.05, 0.1) is 12.1 Å². The summed E-state index contributed by atoms with van der Waals surface area (Å²) in [4.78, 5) is 5.04. The van der Waals surface area contributed by atoms with Gasteiger partial charge in [-0.25, -0.2) is 0 Å². The fourth-order valence-electron chi connectivity index (χ4n) is 10.4. The van der Waals surface area contributed by atoms with E-state index in [0.717, 1.165) is 0 Å². The number of nitrogens with zero attached hydrogens (tertiary/aromatic N) is 2. The number of benzene rings is 8. The third kappa shape index (κ3) is 6.10. The van der Waals surface area contributed by atoms with E-state index in [1.54, 1.807) is 0 Å². The van der Waals surface area contributed by atoms with Crippen LogP contribution in [0.4, 0.5) is 22.7 Å². The molecule has 2 nitrogen and oxygen atoms in total. The minimum Gasteiger partial charge on any atom is -0.333 e. The van der Waals surface area contributed by atoms with Gasteiger partial charge in [0.2, 0.25) is 0 Å². The summed E-state index contributed by atoms with van der Waals surface area (Å²) in [6.07, 6.45) is 18.2. The number of allylic oxidation sites excluding steroid dienone is 4. The topological polar surface area (TPSA) is 6.48 Å². The molecule has 4 aliphatic rings. The number of fused-ring (bicyclic) bond motifs is 6. The first-order chi connectivity index (χ1) is 30.8. The van der Waals surface area contributed by atoms with E-state index in [-0.39, 0.29) is 12.1 Å². The first-order valence-corrected chi connectivity index (χ1v) is 21.8. The van der Waals surface area contributed by atoms with Crippen molar-refractivity contribution in [2.24, 2.45) is 0 Å². The van der Waals surface area contributed by atoms with Gasteiger partial charge < -0.3 is 9.80 Å². The van der Waals surface area contributed by atoms with E-state index in [4.69, 9.17) is 0 Å². The Morgan fingerprint density at radius 3 is 1.11 bits per heavy atom. The summed E-state index contributed by atoms with van der Waals surface area (Å²) < 4.78 is 0. The van der Waals surface area contributed by atoms with Crippen molar-refractivity contribution in [1.29, 1.82) is 0 Å². The first kappa shape index (κ1) is 36.2. The molecule has 294 valence electrons. The van der Waals surface area contributed by atoms with Crippen molar-refractivity contribution >= 4 is 22.7 Å². The van der Waals surface area contributed by atoms with E-state index < -0.39 is 0 Å². The van der Waals surface area contributed by atoms with Gasteiger partial charge in [-0.2, -0.15) is 0 Å². The molecule has 0 amide bonds. The third-order valence-corrected chi connectivity index (χ3v) is 13.3. The zero-order chi connectivity index (χ0) is 41.0. The van der Waals surface area contributed by atoms with E-state index >= 15 is 0 Å². The molecular formula is C60H44N2. The molecule has 8 aromatic rings. The molecule has 2 heterocycles. The minimum absolute atomic E-state index is 0.240. The molecule has 2 heteroatoms. The highest BCUT2D eigenvalue weighted by molar-refractivity contribution is 5.96. The predicted octanol–water partition coefficient (Wildman–Crippen LogP) is 15.5. The molecular weight excluding hydrogens is 749 g/mol. The molecule has 4 atom stereocenters. The third-order valence-electron chi connectivity index (χ3n) is 13.3. The zero-order valence-electron chi connectivity index (χ0n) is 34.3. The Morgan fingerprint density at radius 2 is 0.629 bits per heavy atom. The maximum atomic E-state index is 2.53. The number of rotatable bonds is 7. The number of hydrogen-bond acceptors (Lipinski definition) is 2. The summed E-state index contributed by atoms with van der Waals surface area (Å²) in [5, 5.41) is 0. The highest BCUT2D eigenvalue weighted by Crippen LogP contribution is 2.52. The van der Waals surface area contributed by atoms with Crippen molar-refractivity contribution in [3.63, 3.8) is 0 Å². The molecule has 0 bridgehead atoms. The van der Waals surface area contributed by atoms with Gasteiger partial charge in [0.1, 0.15) is 0 Å². The summed E-state index contributed by atoms with van der Waals surface area (Å²) in [7, 11) is 0. The van der Waals surface area contributed by atoms with E-state index in [1.165, 1.54) is 89.5 Å². The van der Waals surface area contributed by atoms with Gasteiger partial charge in [-0.15, -0.1) is 0 Å². The van der Waals surface area contributed by atoms with Gasteiger partial charge in [0.15, 0.2) is 0 Å². The minimum atomic E-state index is 0.240. The van der Waals surface area contributed by atoms with Crippen LogP contribution in [0.15, 0.2) is 243 Å². The van der Waals surface area contributed by atoms with E-state index in [0.29, 0.717) is 11.8 Å². The van der Waals surface area contributed by atoms with Gasteiger partial charge in [0, 0.05) is 34.6 Å². The van der Waals surface area contributed by atoms with E-state index in [9.17, 15) is 0 Å². The van der Waals surface area contributed by atoms with Crippen LogP contribution in [0, 0.1) is 0 Å². The lowest BCUT2D eigenvalue weighted by Crippen LogP contribution is -2.28. The number of anilines is 4. The Morgan fingerprint density at radius 1 is 0.274 bits per heavy atom. The van der Waals surface area contributed by atoms with Crippen LogP contribution >= 0.6 is 0 Å². The molecule has 2 aliphatic heterocycles. The van der Waals surface area contributed by atoms with E-state index in [1.807, 2.05) is 0 Å². The van der Waals surface area contributed by atoms with Crippen LogP contribution in [0.5, 0.6) is 0 Å². The van der Waals surface area contributed by atoms with Crippen LogP contribution in [0.1, 0.15) is 23.0 Å².